The number of nitriles is 1. The maximum Gasteiger partial charge on any atom is 0.216 e. The Kier molecular flexibility index (Phi) is 4.58. The van der Waals surface area contributed by atoms with Gasteiger partial charge in [-0.05, 0) is 35.4 Å². The summed E-state index contributed by atoms with van der Waals surface area (Å²) in [5.74, 6) is -0.0937. The summed E-state index contributed by atoms with van der Waals surface area (Å²) in [6.45, 7) is 0.197. The Morgan fingerprint density at radius 2 is 1.57 bits per heavy atom. The standard InChI is InChI=1S/C15H15N3O2S/c16-9-12-1-3-13(4-2-12)10-18-21(19,20)11-14-5-7-15(17)8-6-14/h1-8,18H,10-11,17H2. The highest BCUT2D eigenvalue weighted by Crippen LogP contribution is 2.09. The molecule has 0 aromatic heterocycles. The molecule has 2 rings (SSSR count). The van der Waals surface area contributed by atoms with E-state index in [1.807, 2.05) is 6.07 Å². The van der Waals surface area contributed by atoms with E-state index in [4.69, 9.17) is 11.0 Å². The molecule has 0 unspecified atom stereocenters. The fourth-order valence-corrected chi connectivity index (χ4v) is 2.89. The number of sulfonamides is 1. The van der Waals surface area contributed by atoms with Gasteiger partial charge in [0.25, 0.3) is 0 Å². The molecule has 0 fully saturated rings. The van der Waals surface area contributed by atoms with Crippen molar-refractivity contribution in [3.8, 4) is 6.07 Å². The lowest BCUT2D eigenvalue weighted by Gasteiger charge is -2.07. The van der Waals surface area contributed by atoms with Gasteiger partial charge in [-0.25, -0.2) is 13.1 Å². The zero-order chi connectivity index (χ0) is 15.3. The summed E-state index contributed by atoms with van der Waals surface area (Å²) in [5, 5.41) is 8.70. The topological polar surface area (TPSA) is 96.0 Å². The van der Waals surface area contributed by atoms with Crippen molar-refractivity contribution in [2.45, 2.75) is 12.3 Å². The predicted molar refractivity (Wildman–Crippen MR) is 81.5 cm³/mol. The van der Waals surface area contributed by atoms with Crippen molar-refractivity contribution in [1.29, 1.82) is 5.26 Å². The molecule has 3 N–H and O–H groups in total. The van der Waals surface area contributed by atoms with Crippen molar-refractivity contribution >= 4 is 15.7 Å². The van der Waals surface area contributed by atoms with Gasteiger partial charge in [-0.1, -0.05) is 24.3 Å². The van der Waals surface area contributed by atoms with Crippen LogP contribution < -0.4 is 10.5 Å². The molecule has 2 aromatic carbocycles. The first-order chi connectivity index (χ1) is 9.98. The summed E-state index contributed by atoms with van der Waals surface area (Å²) in [6, 6.07) is 15.5. The van der Waals surface area contributed by atoms with E-state index in [0.29, 0.717) is 16.8 Å². The van der Waals surface area contributed by atoms with Gasteiger partial charge < -0.3 is 5.73 Å². The van der Waals surface area contributed by atoms with Gasteiger partial charge in [-0.15, -0.1) is 0 Å². The molecule has 0 aliphatic carbocycles. The monoisotopic (exact) mass is 301 g/mol. The number of nitrogen functional groups attached to an aromatic ring is 1. The zero-order valence-electron chi connectivity index (χ0n) is 11.3. The molecule has 0 radical (unpaired) electrons. The van der Waals surface area contributed by atoms with Crippen molar-refractivity contribution in [2.75, 3.05) is 5.73 Å². The predicted octanol–water partition coefficient (Wildman–Crippen LogP) is 1.76. The van der Waals surface area contributed by atoms with Gasteiger partial charge in [0.05, 0.1) is 17.4 Å². The first-order valence-corrected chi connectivity index (χ1v) is 7.94. The average Bonchev–Trinajstić information content (AvgIpc) is 2.48. The van der Waals surface area contributed by atoms with Crippen LogP contribution in [-0.2, 0) is 22.3 Å². The van der Waals surface area contributed by atoms with Crippen LogP contribution in [0.4, 0.5) is 5.69 Å². The average molecular weight is 301 g/mol. The molecule has 0 atom stereocenters. The molecule has 2 aromatic rings. The first kappa shape index (κ1) is 15.0. The third-order valence-corrected chi connectivity index (χ3v) is 4.21. The fraction of sp³-hybridized carbons (Fsp3) is 0.133. The Morgan fingerprint density at radius 3 is 2.14 bits per heavy atom. The molecule has 0 aliphatic heterocycles. The van der Waals surface area contributed by atoms with Gasteiger partial charge in [0.1, 0.15) is 0 Å². The quantitative estimate of drug-likeness (QED) is 0.822. The van der Waals surface area contributed by atoms with Crippen LogP contribution in [0.25, 0.3) is 0 Å². The molecule has 21 heavy (non-hydrogen) atoms. The van der Waals surface area contributed by atoms with Crippen LogP contribution in [0.5, 0.6) is 0 Å². The highest BCUT2D eigenvalue weighted by molar-refractivity contribution is 7.88. The Bertz CT molecular complexity index is 745. The Hall–Kier alpha value is -2.36. The highest BCUT2D eigenvalue weighted by atomic mass is 32.2. The van der Waals surface area contributed by atoms with Crippen molar-refractivity contribution in [3.63, 3.8) is 0 Å². The molecule has 6 heteroatoms. The third-order valence-electron chi connectivity index (χ3n) is 2.92. The Labute approximate surface area is 124 Å². The molecule has 0 spiro atoms. The van der Waals surface area contributed by atoms with Crippen molar-refractivity contribution in [2.24, 2.45) is 0 Å². The van der Waals surface area contributed by atoms with E-state index in [9.17, 15) is 8.42 Å². The van der Waals surface area contributed by atoms with Gasteiger partial charge in [0, 0.05) is 12.2 Å². The lowest BCUT2D eigenvalue weighted by molar-refractivity contribution is 0.580. The summed E-state index contributed by atoms with van der Waals surface area (Å²) in [7, 11) is -3.42. The van der Waals surface area contributed by atoms with Crippen LogP contribution in [0.15, 0.2) is 48.5 Å². The minimum atomic E-state index is -3.42. The second kappa shape index (κ2) is 6.39. The van der Waals surface area contributed by atoms with Crippen molar-refractivity contribution in [3.05, 3.63) is 65.2 Å². The molecule has 0 saturated carbocycles. The van der Waals surface area contributed by atoms with E-state index >= 15 is 0 Å². The van der Waals surface area contributed by atoms with Crippen LogP contribution in [0.2, 0.25) is 0 Å². The molecule has 5 nitrogen and oxygen atoms in total. The van der Waals surface area contributed by atoms with E-state index in [1.165, 1.54) is 0 Å². The summed E-state index contributed by atoms with van der Waals surface area (Å²) in [4.78, 5) is 0. The molecule has 0 aliphatic rings. The maximum atomic E-state index is 12.0. The minimum Gasteiger partial charge on any atom is -0.399 e. The fourth-order valence-electron chi connectivity index (χ4n) is 1.77. The van der Waals surface area contributed by atoms with Crippen LogP contribution in [0.3, 0.4) is 0 Å². The molecule has 0 bridgehead atoms. The lowest BCUT2D eigenvalue weighted by atomic mass is 10.1. The second-order valence-electron chi connectivity index (χ2n) is 4.63. The van der Waals surface area contributed by atoms with Gasteiger partial charge in [-0.3, -0.25) is 0 Å². The van der Waals surface area contributed by atoms with Crippen LogP contribution >= 0.6 is 0 Å². The summed E-state index contributed by atoms with van der Waals surface area (Å²) in [6.07, 6.45) is 0. The SMILES string of the molecule is N#Cc1ccc(CNS(=O)(=O)Cc2ccc(N)cc2)cc1. The van der Waals surface area contributed by atoms with Crippen LogP contribution in [-0.4, -0.2) is 8.42 Å². The molecule has 0 amide bonds. The van der Waals surface area contributed by atoms with Gasteiger partial charge in [-0.2, -0.15) is 5.26 Å². The van der Waals surface area contributed by atoms with E-state index in [-0.39, 0.29) is 12.3 Å². The van der Waals surface area contributed by atoms with Crippen molar-refractivity contribution < 1.29 is 8.42 Å². The number of nitrogens with two attached hydrogens (primary N) is 1. The number of benzene rings is 2. The van der Waals surface area contributed by atoms with Gasteiger partial charge >= 0.3 is 0 Å². The van der Waals surface area contributed by atoms with Gasteiger partial charge in [0.2, 0.25) is 10.0 Å². The van der Waals surface area contributed by atoms with E-state index in [1.54, 1.807) is 48.5 Å². The number of rotatable bonds is 5. The molecular weight excluding hydrogens is 286 g/mol. The number of hydrogen-bond acceptors (Lipinski definition) is 4. The third kappa shape index (κ3) is 4.60. The number of hydrogen-bond donors (Lipinski definition) is 2. The number of anilines is 1. The second-order valence-corrected chi connectivity index (χ2v) is 6.44. The zero-order valence-corrected chi connectivity index (χ0v) is 12.1. The Balaban J connectivity index is 1.97. The highest BCUT2D eigenvalue weighted by Gasteiger charge is 2.11. The lowest BCUT2D eigenvalue weighted by Crippen LogP contribution is -2.24. The van der Waals surface area contributed by atoms with E-state index in [2.05, 4.69) is 4.72 Å². The normalized spacial score (nSPS) is 11.0. The van der Waals surface area contributed by atoms with E-state index < -0.39 is 10.0 Å². The molecule has 0 heterocycles. The van der Waals surface area contributed by atoms with Crippen LogP contribution in [0.1, 0.15) is 16.7 Å². The largest absolute Gasteiger partial charge is 0.399 e. The molecule has 0 saturated heterocycles. The summed E-state index contributed by atoms with van der Waals surface area (Å²) >= 11 is 0. The van der Waals surface area contributed by atoms with Crippen LogP contribution in [0, 0.1) is 11.3 Å². The summed E-state index contributed by atoms with van der Waals surface area (Å²) in [5.41, 5.74) is 8.18. The number of nitrogens with zero attached hydrogens (tertiary/aromatic N) is 1. The van der Waals surface area contributed by atoms with Gasteiger partial charge in [0.15, 0.2) is 0 Å². The molecule has 108 valence electrons. The van der Waals surface area contributed by atoms with Crippen molar-refractivity contribution in [1.82, 2.24) is 4.72 Å². The maximum absolute atomic E-state index is 12.0. The number of nitrogens with one attached hydrogen (secondary N) is 1. The minimum absolute atomic E-state index is 0.0937. The smallest absolute Gasteiger partial charge is 0.216 e. The molecular formula is C15H15N3O2S. The van der Waals surface area contributed by atoms with E-state index in [0.717, 1.165) is 5.56 Å². The first-order valence-electron chi connectivity index (χ1n) is 6.29. The Morgan fingerprint density at radius 1 is 1.00 bits per heavy atom. The summed E-state index contributed by atoms with van der Waals surface area (Å²) < 4.78 is 26.5.